The molecule has 82 valence electrons. The predicted octanol–water partition coefficient (Wildman–Crippen LogP) is 0.977. The zero-order valence-corrected chi connectivity index (χ0v) is 8.88. The highest BCUT2D eigenvalue weighted by Gasteiger charge is 2.14. The number of aromatic carboxylic acids is 1. The summed E-state index contributed by atoms with van der Waals surface area (Å²) in [6.45, 7) is 3.52. The third-order valence-corrected chi connectivity index (χ3v) is 2.07. The number of hydrogen-bond donors (Lipinski definition) is 1. The van der Waals surface area contributed by atoms with Gasteiger partial charge >= 0.3 is 5.97 Å². The number of pyridine rings is 1. The van der Waals surface area contributed by atoms with Gasteiger partial charge in [0.2, 0.25) is 0 Å². The maximum Gasteiger partial charge on any atom is 0.356 e. The highest BCUT2D eigenvalue weighted by atomic mass is 16.4. The molecule has 0 aliphatic rings. The van der Waals surface area contributed by atoms with E-state index in [1.54, 1.807) is 32.2 Å². The van der Waals surface area contributed by atoms with E-state index in [4.69, 9.17) is 5.11 Å². The van der Waals surface area contributed by atoms with Gasteiger partial charge < -0.3 is 5.11 Å². The number of aryl methyl sites for hydroxylation is 2. The molecule has 0 saturated carbocycles. The van der Waals surface area contributed by atoms with E-state index in [-0.39, 0.29) is 5.69 Å². The highest BCUT2D eigenvalue weighted by molar-refractivity contribution is 5.89. The lowest BCUT2D eigenvalue weighted by Gasteiger charge is -2.04. The van der Waals surface area contributed by atoms with E-state index in [0.717, 1.165) is 5.69 Å². The van der Waals surface area contributed by atoms with Gasteiger partial charge in [0.05, 0.1) is 17.6 Å². The second-order valence-corrected chi connectivity index (χ2v) is 3.43. The van der Waals surface area contributed by atoms with Crippen LogP contribution in [0.15, 0.2) is 18.3 Å². The normalized spacial score (nSPS) is 10.4. The molecule has 0 bridgehead atoms. The molecule has 2 heterocycles. The van der Waals surface area contributed by atoms with Crippen molar-refractivity contribution >= 4 is 5.97 Å². The van der Waals surface area contributed by atoms with Crippen LogP contribution in [-0.2, 0) is 0 Å². The Kier molecular flexibility index (Phi) is 2.40. The molecule has 2 aromatic heterocycles. The summed E-state index contributed by atoms with van der Waals surface area (Å²) in [5.41, 5.74) is 1.76. The van der Waals surface area contributed by atoms with Crippen LogP contribution in [-0.4, -0.2) is 31.1 Å². The van der Waals surface area contributed by atoms with Crippen LogP contribution in [0.1, 0.15) is 21.9 Å². The molecule has 16 heavy (non-hydrogen) atoms. The maximum absolute atomic E-state index is 11.0. The summed E-state index contributed by atoms with van der Waals surface area (Å²) < 4.78 is 1.41. The van der Waals surface area contributed by atoms with Crippen molar-refractivity contribution in [1.29, 1.82) is 0 Å². The average Bonchev–Trinajstić information content (AvgIpc) is 2.64. The molecular formula is C10H10N4O2. The van der Waals surface area contributed by atoms with Crippen LogP contribution in [0.4, 0.5) is 0 Å². The quantitative estimate of drug-likeness (QED) is 0.812. The number of rotatable bonds is 2. The second kappa shape index (κ2) is 3.73. The van der Waals surface area contributed by atoms with Gasteiger partial charge in [0, 0.05) is 5.69 Å². The topological polar surface area (TPSA) is 80.9 Å². The van der Waals surface area contributed by atoms with Gasteiger partial charge in [-0.15, -0.1) is 5.10 Å². The SMILES string of the molecule is Cc1cn(-c2ccc(C)nc2C(=O)O)nn1. The lowest BCUT2D eigenvalue weighted by atomic mass is 10.2. The largest absolute Gasteiger partial charge is 0.476 e. The van der Waals surface area contributed by atoms with Crippen molar-refractivity contribution in [2.75, 3.05) is 0 Å². The van der Waals surface area contributed by atoms with Crippen molar-refractivity contribution in [1.82, 2.24) is 20.0 Å². The zero-order valence-electron chi connectivity index (χ0n) is 8.88. The molecule has 0 unspecified atom stereocenters. The molecule has 6 nitrogen and oxygen atoms in total. The Hall–Kier alpha value is -2.24. The van der Waals surface area contributed by atoms with E-state index in [0.29, 0.717) is 11.4 Å². The second-order valence-electron chi connectivity index (χ2n) is 3.43. The van der Waals surface area contributed by atoms with Crippen molar-refractivity contribution in [2.45, 2.75) is 13.8 Å². The van der Waals surface area contributed by atoms with Gasteiger partial charge in [0.15, 0.2) is 5.69 Å². The summed E-state index contributed by atoms with van der Waals surface area (Å²) in [5, 5.41) is 16.7. The summed E-state index contributed by atoms with van der Waals surface area (Å²) in [4.78, 5) is 15.0. The molecule has 0 spiro atoms. The van der Waals surface area contributed by atoms with Crippen molar-refractivity contribution < 1.29 is 9.90 Å². The minimum Gasteiger partial charge on any atom is -0.476 e. The summed E-state index contributed by atoms with van der Waals surface area (Å²) in [5.74, 6) is -1.08. The summed E-state index contributed by atoms with van der Waals surface area (Å²) in [6.07, 6.45) is 1.65. The van der Waals surface area contributed by atoms with E-state index in [1.807, 2.05) is 0 Å². The van der Waals surface area contributed by atoms with Crippen LogP contribution < -0.4 is 0 Å². The van der Waals surface area contributed by atoms with E-state index in [2.05, 4.69) is 15.3 Å². The van der Waals surface area contributed by atoms with Gasteiger partial charge in [0.1, 0.15) is 0 Å². The first-order chi connectivity index (χ1) is 7.58. The fourth-order valence-corrected chi connectivity index (χ4v) is 1.36. The summed E-state index contributed by atoms with van der Waals surface area (Å²) >= 11 is 0. The van der Waals surface area contributed by atoms with Crippen LogP contribution in [0.3, 0.4) is 0 Å². The van der Waals surface area contributed by atoms with E-state index < -0.39 is 5.97 Å². The lowest BCUT2D eigenvalue weighted by Crippen LogP contribution is -2.09. The number of carboxylic acid groups (broad SMARTS) is 1. The van der Waals surface area contributed by atoms with Crippen molar-refractivity contribution in [3.8, 4) is 5.69 Å². The Bertz CT molecular complexity index is 548. The van der Waals surface area contributed by atoms with E-state index >= 15 is 0 Å². The van der Waals surface area contributed by atoms with Crippen LogP contribution in [0.5, 0.6) is 0 Å². The molecule has 6 heteroatoms. The lowest BCUT2D eigenvalue weighted by molar-refractivity contribution is 0.0690. The molecule has 0 atom stereocenters. The first-order valence-corrected chi connectivity index (χ1v) is 4.68. The minimum absolute atomic E-state index is 0.0232. The molecule has 0 aromatic carbocycles. The number of nitrogens with zero attached hydrogens (tertiary/aromatic N) is 4. The molecule has 0 aliphatic heterocycles. The third-order valence-electron chi connectivity index (χ3n) is 2.07. The van der Waals surface area contributed by atoms with Crippen LogP contribution in [0, 0.1) is 13.8 Å². The van der Waals surface area contributed by atoms with Gasteiger partial charge in [-0.1, -0.05) is 5.21 Å². The molecular weight excluding hydrogens is 208 g/mol. The van der Waals surface area contributed by atoms with E-state index in [1.165, 1.54) is 4.68 Å². The number of aromatic nitrogens is 4. The van der Waals surface area contributed by atoms with Crippen molar-refractivity contribution in [3.63, 3.8) is 0 Å². The Labute approximate surface area is 91.6 Å². The molecule has 0 aliphatic carbocycles. The molecule has 2 aromatic rings. The monoisotopic (exact) mass is 218 g/mol. The summed E-state index contributed by atoms with van der Waals surface area (Å²) in [6, 6.07) is 3.40. The van der Waals surface area contributed by atoms with Gasteiger partial charge in [-0.05, 0) is 26.0 Å². The van der Waals surface area contributed by atoms with E-state index in [9.17, 15) is 4.79 Å². The Balaban J connectivity index is 2.60. The van der Waals surface area contributed by atoms with Crippen LogP contribution >= 0.6 is 0 Å². The third kappa shape index (κ3) is 1.77. The van der Waals surface area contributed by atoms with Gasteiger partial charge in [-0.3, -0.25) is 0 Å². The highest BCUT2D eigenvalue weighted by Crippen LogP contribution is 2.12. The van der Waals surface area contributed by atoms with Gasteiger partial charge in [0.25, 0.3) is 0 Å². The fourth-order valence-electron chi connectivity index (χ4n) is 1.36. The Morgan fingerprint density at radius 1 is 1.31 bits per heavy atom. The van der Waals surface area contributed by atoms with Gasteiger partial charge in [-0.25, -0.2) is 14.5 Å². The molecule has 0 fully saturated rings. The Morgan fingerprint density at radius 2 is 2.06 bits per heavy atom. The first-order valence-electron chi connectivity index (χ1n) is 4.68. The number of hydrogen-bond acceptors (Lipinski definition) is 4. The molecule has 2 rings (SSSR count). The molecule has 1 N–H and O–H groups in total. The van der Waals surface area contributed by atoms with Crippen molar-refractivity contribution in [3.05, 3.63) is 35.4 Å². The maximum atomic E-state index is 11.0. The number of carboxylic acids is 1. The first kappa shape index (κ1) is 10.3. The standard InChI is InChI=1S/C10H10N4O2/c1-6-3-4-8(9(11-6)10(15)16)14-5-7(2)12-13-14/h3-5H,1-2H3,(H,15,16). The average molecular weight is 218 g/mol. The molecule has 0 saturated heterocycles. The molecule has 0 radical (unpaired) electrons. The van der Waals surface area contributed by atoms with Crippen LogP contribution in [0.2, 0.25) is 0 Å². The van der Waals surface area contributed by atoms with Gasteiger partial charge in [-0.2, -0.15) is 0 Å². The predicted molar refractivity (Wildman–Crippen MR) is 55.6 cm³/mol. The van der Waals surface area contributed by atoms with Crippen LogP contribution in [0.25, 0.3) is 5.69 Å². The smallest absolute Gasteiger partial charge is 0.356 e. The Morgan fingerprint density at radius 3 is 2.62 bits per heavy atom. The van der Waals surface area contributed by atoms with Crippen molar-refractivity contribution in [2.24, 2.45) is 0 Å². The fraction of sp³-hybridized carbons (Fsp3) is 0.200. The zero-order chi connectivity index (χ0) is 11.7. The minimum atomic E-state index is -1.08. The number of carbonyl (C=O) groups is 1. The summed E-state index contributed by atoms with van der Waals surface area (Å²) in [7, 11) is 0. The molecule has 0 amide bonds.